The van der Waals surface area contributed by atoms with E-state index in [2.05, 4.69) is 20.4 Å². The first-order valence-corrected chi connectivity index (χ1v) is 5.83. The fourth-order valence-corrected chi connectivity index (χ4v) is 1.45. The molecule has 5 nitrogen and oxygen atoms in total. The average molecular weight is 273 g/mol. The molecule has 0 aromatic carbocycles. The Hall–Kier alpha value is -1.76. The summed E-state index contributed by atoms with van der Waals surface area (Å²) < 4.78 is 28.2. The number of aryl methyl sites for hydroxylation is 1. The molecule has 0 fully saturated rings. The summed E-state index contributed by atoms with van der Waals surface area (Å²) in [4.78, 5) is 15.9. The van der Waals surface area contributed by atoms with E-state index in [0.717, 1.165) is 5.69 Å². The van der Waals surface area contributed by atoms with Gasteiger partial charge in [0.2, 0.25) is 0 Å². The summed E-state index contributed by atoms with van der Waals surface area (Å²) in [6, 6.07) is 1.75. The molecule has 0 spiro atoms. The van der Waals surface area contributed by atoms with Crippen LogP contribution in [0.15, 0.2) is 12.3 Å². The Morgan fingerprint density at radius 2 is 2.26 bits per heavy atom. The van der Waals surface area contributed by atoms with Gasteiger partial charge >= 0.3 is 0 Å². The van der Waals surface area contributed by atoms with Gasteiger partial charge in [0.25, 0.3) is 12.3 Å². The molecule has 7 heteroatoms. The lowest BCUT2D eigenvalue weighted by atomic mass is 10.2. The van der Waals surface area contributed by atoms with Gasteiger partial charge in [0.15, 0.2) is 0 Å². The van der Waals surface area contributed by atoms with Crippen LogP contribution >= 0.6 is 0 Å². The molecule has 0 radical (unpaired) electrons. The van der Waals surface area contributed by atoms with Crippen LogP contribution in [0.2, 0.25) is 0 Å². The standard InChI is InChI=1S/C12H17F2N3O2/c1-8-5-10(15-2)9(6-17-8)12(18)16-3-4-19-7-11(13)14/h5-6,11H,3-4,7H2,1-2H3,(H,15,17)(H,16,18). The zero-order valence-corrected chi connectivity index (χ0v) is 10.9. The lowest BCUT2D eigenvalue weighted by molar-refractivity contribution is 0.0188. The van der Waals surface area contributed by atoms with E-state index in [1.807, 2.05) is 6.92 Å². The zero-order valence-electron chi connectivity index (χ0n) is 10.9. The highest BCUT2D eigenvalue weighted by atomic mass is 19.3. The van der Waals surface area contributed by atoms with Crippen molar-refractivity contribution in [1.29, 1.82) is 0 Å². The average Bonchev–Trinajstić information content (AvgIpc) is 2.37. The number of halogens is 2. The van der Waals surface area contributed by atoms with Gasteiger partial charge in [-0.05, 0) is 13.0 Å². The third-order valence-electron chi connectivity index (χ3n) is 2.33. The molecule has 1 aromatic heterocycles. The Labute approximate surface area is 110 Å². The van der Waals surface area contributed by atoms with E-state index in [-0.39, 0.29) is 19.1 Å². The predicted molar refractivity (Wildman–Crippen MR) is 67.7 cm³/mol. The summed E-state index contributed by atoms with van der Waals surface area (Å²) >= 11 is 0. The van der Waals surface area contributed by atoms with Gasteiger partial charge in [-0.25, -0.2) is 8.78 Å². The van der Waals surface area contributed by atoms with Crippen molar-refractivity contribution in [3.05, 3.63) is 23.5 Å². The molecule has 0 saturated heterocycles. The molecule has 0 unspecified atom stereocenters. The molecule has 1 heterocycles. The van der Waals surface area contributed by atoms with Gasteiger partial charge in [-0.1, -0.05) is 0 Å². The summed E-state index contributed by atoms with van der Waals surface area (Å²) in [6.45, 7) is 1.41. The van der Waals surface area contributed by atoms with Crippen molar-refractivity contribution in [2.24, 2.45) is 0 Å². The van der Waals surface area contributed by atoms with Gasteiger partial charge < -0.3 is 15.4 Å². The number of nitrogens with zero attached hydrogens (tertiary/aromatic N) is 1. The van der Waals surface area contributed by atoms with E-state index in [1.54, 1.807) is 13.1 Å². The Morgan fingerprint density at radius 3 is 2.89 bits per heavy atom. The second-order valence-corrected chi connectivity index (χ2v) is 3.84. The maximum absolute atomic E-state index is 11.8. The number of carbonyl (C=O) groups excluding carboxylic acids is 1. The quantitative estimate of drug-likeness (QED) is 0.738. The lowest BCUT2D eigenvalue weighted by Crippen LogP contribution is -2.28. The minimum absolute atomic E-state index is 0.0459. The summed E-state index contributed by atoms with van der Waals surface area (Å²) in [6.07, 6.45) is -1.02. The van der Waals surface area contributed by atoms with Gasteiger partial charge in [-0.2, -0.15) is 0 Å². The highest BCUT2D eigenvalue weighted by Crippen LogP contribution is 2.14. The molecule has 1 amide bonds. The monoisotopic (exact) mass is 273 g/mol. The second kappa shape index (κ2) is 7.63. The molecule has 0 aliphatic rings. The minimum Gasteiger partial charge on any atom is -0.387 e. The second-order valence-electron chi connectivity index (χ2n) is 3.84. The maximum atomic E-state index is 11.8. The number of ether oxygens (including phenoxy) is 1. The van der Waals surface area contributed by atoms with E-state index in [9.17, 15) is 13.6 Å². The van der Waals surface area contributed by atoms with Crippen LogP contribution in [0.4, 0.5) is 14.5 Å². The van der Waals surface area contributed by atoms with Crippen molar-refractivity contribution in [3.8, 4) is 0 Å². The number of alkyl halides is 2. The number of nitrogens with one attached hydrogen (secondary N) is 2. The van der Waals surface area contributed by atoms with Crippen LogP contribution in [0.5, 0.6) is 0 Å². The number of carbonyl (C=O) groups is 1. The molecule has 0 saturated carbocycles. The smallest absolute Gasteiger partial charge is 0.261 e. The van der Waals surface area contributed by atoms with Crippen LogP contribution in [-0.2, 0) is 4.74 Å². The van der Waals surface area contributed by atoms with Crippen LogP contribution in [0.3, 0.4) is 0 Å². The van der Waals surface area contributed by atoms with E-state index < -0.39 is 13.0 Å². The Morgan fingerprint density at radius 1 is 1.53 bits per heavy atom. The molecule has 0 aliphatic heterocycles. The number of aromatic nitrogens is 1. The van der Waals surface area contributed by atoms with Crippen LogP contribution in [0, 0.1) is 6.92 Å². The summed E-state index contributed by atoms with van der Waals surface area (Å²) in [5.74, 6) is -0.322. The molecule has 0 bridgehead atoms. The third-order valence-corrected chi connectivity index (χ3v) is 2.33. The number of hydrogen-bond donors (Lipinski definition) is 2. The largest absolute Gasteiger partial charge is 0.387 e. The predicted octanol–water partition coefficient (Wildman–Crippen LogP) is 1.44. The molecule has 0 atom stereocenters. The van der Waals surface area contributed by atoms with Gasteiger partial charge in [0.05, 0.1) is 17.9 Å². The highest BCUT2D eigenvalue weighted by Gasteiger charge is 2.11. The molecule has 2 N–H and O–H groups in total. The zero-order chi connectivity index (χ0) is 14.3. The first-order chi connectivity index (χ1) is 9.04. The molecule has 106 valence electrons. The molecule has 19 heavy (non-hydrogen) atoms. The van der Waals surface area contributed by atoms with Crippen molar-refractivity contribution in [3.63, 3.8) is 0 Å². The molecular formula is C12H17F2N3O2. The Bertz CT molecular complexity index is 427. The molecule has 1 aromatic rings. The number of pyridine rings is 1. The molecular weight excluding hydrogens is 256 g/mol. The Kier molecular flexibility index (Phi) is 6.14. The molecule has 1 rings (SSSR count). The topological polar surface area (TPSA) is 63.2 Å². The van der Waals surface area contributed by atoms with E-state index in [4.69, 9.17) is 0 Å². The number of hydrogen-bond acceptors (Lipinski definition) is 4. The van der Waals surface area contributed by atoms with Crippen molar-refractivity contribution in [2.45, 2.75) is 13.3 Å². The van der Waals surface area contributed by atoms with Gasteiger partial charge in [0, 0.05) is 25.5 Å². The number of rotatable bonds is 7. The van der Waals surface area contributed by atoms with Crippen LogP contribution in [0.25, 0.3) is 0 Å². The fraction of sp³-hybridized carbons (Fsp3) is 0.500. The summed E-state index contributed by atoms with van der Waals surface area (Å²) in [5.41, 5.74) is 1.86. The number of amides is 1. The van der Waals surface area contributed by atoms with Gasteiger partial charge in [-0.3, -0.25) is 9.78 Å². The summed E-state index contributed by atoms with van der Waals surface area (Å²) in [7, 11) is 1.71. The van der Waals surface area contributed by atoms with Crippen LogP contribution < -0.4 is 10.6 Å². The van der Waals surface area contributed by atoms with Gasteiger partial charge in [-0.15, -0.1) is 0 Å². The lowest BCUT2D eigenvalue weighted by Gasteiger charge is -2.10. The fourth-order valence-electron chi connectivity index (χ4n) is 1.45. The molecule has 0 aliphatic carbocycles. The van der Waals surface area contributed by atoms with Crippen molar-refractivity contribution in [2.75, 3.05) is 32.1 Å². The van der Waals surface area contributed by atoms with E-state index in [1.165, 1.54) is 6.20 Å². The van der Waals surface area contributed by atoms with Crippen LogP contribution in [0.1, 0.15) is 16.1 Å². The Balaban J connectivity index is 2.45. The maximum Gasteiger partial charge on any atom is 0.261 e. The first kappa shape index (κ1) is 15.3. The van der Waals surface area contributed by atoms with E-state index >= 15 is 0 Å². The normalized spacial score (nSPS) is 10.6. The van der Waals surface area contributed by atoms with Crippen LogP contribution in [-0.4, -0.2) is 44.1 Å². The third kappa shape index (κ3) is 5.17. The SMILES string of the molecule is CNc1cc(C)ncc1C(=O)NCCOCC(F)F. The van der Waals surface area contributed by atoms with E-state index in [0.29, 0.717) is 11.3 Å². The van der Waals surface area contributed by atoms with Gasteiger partial charge in [0.1, 0.15) is 6.61 Å². The first-order valence-electron chi connectivity index (χ1n) is 5.83. The number of anilines is 1. The summed E-state index contributed by atoms with van der Waals surface area (Å²) in [5, 5.41) is 5.48. The van der Waals surface area contributed by atoms with Crippen molar-refractivity contribution < 1.29 is 18.3 Å². The highest BCUT2D eigenvalue weighted by molar-refractivity contribution is 5.99. The van der Waals surface area contributed by atoms with Crippen molar-refractivity contribution >= 4 is 11.6 Å². The van der Waals surface area contributed by atoms with Crippen molar-refractivity contribution in [1.82, 2.24) is 10.3 Å². The minimum atomic E-state index is -2.49.